The van der Waals surface area contributed by atoms with Crippen molar-refractivity contribution in [3.8, 4) is 79.7 Å². The Balaban J connectivity index is 0.000000131. The Kier molecular flexibility index (Phi) is 23.1. The minimum absolute atomic E-state index is 0.622. The third-order valence-corrected chi connectivity index (χ3v) is 14.4. The average molecular weight is 1250 g/mol. The van der Waals surface area contributed by atoms with Gasteiger partial charge >= 0.3 is 0 Å². The van der Waals surface area contributed by atoms with Crippen LogP contribution in [0.1, 0.15) is 5.56 Å². The van der Waals surface area contributed by atoms with Gasteiger partial charge in [-0.2, -0.15) is 0 Å². The molecule has 0 atom stereocenters. The number of hydrogen-bond donors (Lipinski definition) is 3. The number of fused-ring (bicyclic) bond motifs is 2. The lowest BCUT2D eigenvalue weighted by Crippen LogP contribution is -2.33. The molecule has 0 aliphatic rings. The van der Waals surface area contributed by atoms with Crippen LogP contribution in [0.4, 0.5) is 11.6 Å². The lowest BCUT2D eigenvalue weighted by atomic mass is 10.0. The number of anilines is 2. The van der Waals surface area contributed by atoms with Crippen molar-refractivity contribution in [2.45, 2.75) is 6.92 Å². The van der Waals surface area contributed by atoms with Gasteiger partial charge in [0.1, 0.15) is 23.0 Å². The number of rotatable bonds is 15. The summed E-state index contributed by atoms with van der Waals surface area (Å²) in [6.07, 6.45) is 10.5. The maximum absolute atomic E-state index is 6.15. The second-order valence-electron chi connectivity index (χ2n) is 22.0. The van der Waals surface area contributed by atoms with Crippen molar-refractivity contribution in [3.05, 3.63) is 272 Å². The van der Waals surface area contributed by atoms with E-state index in [1.165, 1.54) is 5.56 Å². The Labute approximate surface area is 547 Å². The highest BCUT2D eigenvalue weighted by Crippen LogP contribution is 2.30. The molecule has 3 aromatic carbocycles. The molecule has 11 aromatic heterocycles. The predicted molar refractivity (Wildman–Crippen MR) is 377 cm³/mol. The predicted octanol–water partition coefficient (Wildman–Crippen LogP) is 15.5. The zero-order valence-corrected chi connectivity index (χ0v) is 53.5. The molecule has 0 bridgehead atoms. The summed E-state index contributed by atoms with van der Waals surface area (Å²) in [7, 11) is 10.6. The van der Waals surface area contributed by atoms with Crippen molar-refractivity contribution in [1.29, 1.82) is 0 Å². The largest absolute Gasteiger partial charge is 0.337 e. The Morgan fingerprint density at radius 2 is 0.688 bits per heavy atom. The summed E-state index contributed by atoms with van der Waals surface area (Å²) < 4.78 is 0. The summed E-state index contributed by atoms with van der Waals surface area (Å²) in [4.78, 5) is 62.4. The zero-order valence-electron chi connectivity index (χ0n) is 52.8. The van der Waals surface area contributed by atoms with Gasteiger partial charge in [-0.3, -0.25) is 19.9 Å². The monoisotopic (exact) mass is 1250 g/mol. The molecule has 0 spiro atoms. The Morgan fingerprint density at radius 1 is 0.333 bits per heavy atom. The molecule has 0 saturated heterocycles. The fourth-order valence-electron chi connectivity index (χ4n) is 9.23. The first kappa shape index (κ1) is 64.9. The number of halogens is 1. The minimum atomic E-state index is 0.622. The molecule has 3 N–H and O–H groups in total. The molecule has 18 heteroatoms. The molecule has 0 saturated carbocycles. The molecule has 0 amide bonds. The summed E-state index contributed by atoms with van der Waals surface area (Å²) in [5.41, 5.74) is 15.5. The van der Waals surface area contributed by atoms with Gasteiger partial charge in [0.05, 0.1) is 67.6 Å². The van der Waals surface area contributed by atoms with E-state index in [2.05, 4.69) is 153 Å². The van der Waals surface area contributed by atoms with Gasteiger partial charge in [0.25, 0.3) is 0 Å². The van der Waals surface area contributed by atoms with E-state index < -0.39 is 0 Å². The van der Waals surface area contributed by atoms with E-state index >= 15 is 0 Å². The fraction of sp³-hybridized carbons (Fsp3) is 0.133. The molecule has 14 aromatic rings. The third-order valence-electron chi connectivity index (χ3n) is 14.2. The summed E-state index contributed by atoms with van der Waals surface area (Å²) in [6.45, 7) is 6.69. The van der Waals surface area contributed by atoms with Crippen molar-refractivity contribution in [1.82, 2.24) is 79.5 Å². The van der Waals surface area contributed by atoms with Crippen molar-refractivity contribution in [3.63, 3.8) is 0 Å². The van der Waals surface area contributed by atoms with Gasteiger partial charge in [0.2, 0.25) is 0 Å². The van der Waals surface area contributed by atoms with Crippen LogP contribution in [-0.4, -0.2) is 141 Å². The molecule has 11 heterocycles. The second kappa shape index (κ2) is 33.1. The van der Waals surface area contributed by atoms with E-state index in [1.54, 1.807) is 49.3 Å². The summed E-state index contributed by atoms with van der Waals surface area (Å²) in [5.74, 6) is 3.13. The number of aromatic nitrogens is 13. The van der Waals surface area contributed by atoms with E-state index in [0.29, 0.717) is 5.02 Å². The number of nitrogens with zero attached hydrogens (tertiary/aromatic N) is 14. The lowest BCUT2D eigenvalue weighted by molar-refractivity contribution is 0.254. The molecular formula is C75H72ClN17. The van der Waals surface area contributed by atoms with Crippen LogP contribution in [0.25, 0.3) is 102 Å². The van der Waals surface area contributed by atoms with Gasteiger partial charge in [-0.25, -0.2) is 34.9 Å². The molecule has 464 valence electrons. The lowest BCUT2D eigenvalue weighted by Gasteiger charge is -2.20. The van der Waals surface area contributed by atoms with Crippen LogP contribution >= 0.6 is 11.6 Å². The maximum atomic E-state index is 6.15. The Hall–Kier alpha value is -11.1. The van der Waals surface area contributed by atoms with Gasteiger partial charge in [-0.05, 0) is 187 Å². The first-order valence-electron chi connectivity index (χ1n) is 30.3. The number of benzene rings is 3. The van der Waals surface area contributed by atoms with Crippen LogP contribution in [0.3, 0.4) is 0 Å². The first-order chi connectivity index (χ1) is 45.5. The molecule has 14 rings (SSSR count). The SMILES string of the molecule is CN(C)CCN(C)CCN(C)C.Cc1ccc(-c2cc(-c3ccccn3)nc(-c3ccccn3)c2)cc1.Clc1cc(-c2ccccn2)nc(-c2ccccn2)c1.c1cc(-c2nc3ccccc3[nH]2)nc(-c2nc3ccccc3[nH]2)c1.c1ccc(Nc2ccccn2)nc1. The molecule has 17 nitrogen and oxygen atoms in total. The van der Waals surface area contributed by atoms with Crippen molar-refractivity contribution >= 4 is 45.3 Å². The molecule has 0 unspecified atom stereocenters. The van der Waals surface area contributed by atoms with E-state index in [0.717, 1.165) is 140 Å². The summed E-state index contributed by atoms with van der Waals surface area (Å²) >= 11 is 6.15. The van der Waals surface area contributed by atoms with Crippen LogP contribution < -0.4 is 5.32 Å². The van der Waals surface area contributed by atoms with Crippen molar-refractivity contribution in [2.75, 3.05) is 66.7 Å². The number of imidazole rings is 2. The van der Waals surface area contributed by atoms with Crippen LogP contribution in [0, 0.1) is 6.92 Å². The van der Waals surface area contributed by atoms with Gasteiger partial charge in [0.15, 0.2) is 11.6 Å². The Morgan fingerprint density at radius 3 is 1.05 bits per heavy atom. The standard InChI is InChI=1S/C22H17N3.C19H13N5.C15H10ClN3.C10H9N3.C9H23N3/c1-16-8-10-17(11-9-16)18-14-21(19-6-2-4-12-23-19)25-22(15-18)20-7-3-5-13-24-20;1-2-7-13-12(6-1)21-18(22-13)16-10-5-11-17(20-16)19-23-14-8-3-4-9-15(14)24-19;16-11-9-14(12-5-1-3-7-17-12)19-15(10-11)13-6-2-4-8-18-13;1-3-7-11-9(5-1)13-10-6-2-4-8-12-10;1-10(2)6-8-12(5)9-7-11(3)4/h2-15H,1H3;1-11H,(H,21,22)(H,23,24);1-10H;1-8H,(H,11,12,13);6-9H2,1-5H3. The number of nitrogens with one attached hydrogen (secondary N) is 3. The quantitative estimate of drug-likeness (QED) is 0.0876. The number of pyridine rings is 9. The highest BCUT2D eigenvalue weighted by molar-refractivity contribution is 6.31. The van der Waals surface area contributed by atoms with Crippen molar-refractivity contribution in [2.24, 2.45) is 0 Å². The smallest absolute Gasteiger partial charge is 0.157 e. The molecule has 0 radical (unpaired) electrons. The number of aromatic amines is 2. The number of H-pyrrole nitrogens is 2. The van der Waals surface area contributed by atoms with Gasteiger partial charge in [-0.1, -0.05) is 108 Å². The fourth-order valence-corrected chi connectivity index (χ4v) is 9.43. The van der Waals surface area contributed by atoms with E-state index in [9.17, 15) is 0 Å². The van der Waals surface area contributed by atoms with Gasteiger partial charge < -0.3 is 30.0 Å². The number of hydrogen-bond acceptors (Lipinski definition) is 15. The number of aryl methyl sites for hydroxylation is 1. The van der Waals surface area contributed by atoms with Crippen LogP contribution in [0.15, 0.2) is 262 Å². The van der Waals surface area contributed by atoms with Crippen molar-refractivity contribution < 1.29 is 0 Å². The number of likely N-dealkylation sites (N-methyl/N-ethyl adjacent to an activating group) is 3. The number of para-hydroxylation sites is 4. The molecule has 0 aliphatic heterocycles. The normalized spacial score (nSPS) is 10.8. The van der Waals surface area contributed by atoms with Crippen LogP contribution in [-0.2, 0) is 0 Å². The highest BCUT2D eigenvalue weighted by atomic mass is 35.5. The van der Waals surface area contributed by atoms with Gasteiger partial charge in [-0.15, -0.1) is 0 Å². The minimum Gasteiger partial charge on any atom is -0.337 e. The second-order valence-corrected chi connectivity index (χ2v) is 22.4. The third kappa shape index (κ3) is 19.5. The average Bonchev–Trinajstić information content (AvgIpc) is 2.21. The topological polar surface area (TPSA) is 195 Å². The Bertz CT molecular complexity index is 4200. The van der Waals surface area contributed by atoms with Crippen LogP contribution in [0.5, 0.6) is 0 Å². The molecule has 0 fully saturated rings. The van der Waals surface area contributed by atoms with E-state index in [-0.39, 0.29) is 0 Å². The molecular weight excluding hydrogens is 1170 g/mol. The molecule has 0 aliphatic carbocycles. The zero-order chi connectivity index (χ0) is 64.6. The molecule has 93 heavy (non-hydrogen) atoms. The van der Waals surface area contributed by atoms with E-state index in [1.807, 2.05) is 176 Å². The van der Waals surface area contributed by atoms with E-state index in [4.69, 9.17) is 21.6 Å². The highest BCUT2D eigenvalue weighted by Gasteiger charge is 2.13. The summed E-state index contributed by atoms with van der Waals surface area (Å²) in [5, 5.41) is 3.70. The first-order valence-corrected chi connectivity index (χ1v) is 30.7. The van der Waals surface area contributed by atoms with Gasteiger partial charge in [0, 0.05) is 68.4 Å². The maximum Gasteiger partial charge on any atom is 0.157 e. The summed E-state index contributed by atoms with van der Waals surface area (Å²) in [6, 6.07) is 72.6. The van der Waals surface area contributed by atoms with Crippen LogP contribution in [0.2, 0.25) is 5.02 Å².